The van der Waals surface area contributed by atoms with Crippen molar-refractivity contribution in [2.45, 2.75) is 13.3 Å². The molecule has 0 aliphatic carbocycles. The minimum Gasteiger partial charge on any atom is -0.340 e. The van der Waals surface area contributed by atoms with Gasteiger partial charge in [-0.15, -0.1) is 11.3 Å². The number of aromatic nitrogens is 4. The van der Waals surface area contributed by atoms with E-state index in [4.69, 9.17) is 4.98 Å². The molecule has 3 aromatic heterocycles. The van der Waals surface area contributed by atoms with Gasteiger partial charge in [0.25, 0.3) is 0 Å². The Kier molecular flexibility index (Phi) is 4.37. The smallest absolute Gasteiger partial charge is 0.162 e. The van der Waals surface area contributed by atoms with Gasteiger partial charge in [-0.05, 0) is 48.9 Å². The van der Waals surface area contributed by atoms with Crippen LogP contribution in [-0.4, -0.2) is 19.9 Å². The molecular formula is C22H16FN5S. The van der Waals surface area contributed by atoms with E-state index in [1.54, 1.807) is 29.8 Å². The third-order valence-electron chi connectivity index (χ3n) is 4.60. The van der Waals surface area contributed by atoms with Crippen LogP contribution in [0, 0.1) is 5.82 Å². The monoisotopic (exact) mass is 401 g/mol. The molecule has 0 amide bonds. The maximum absolute atomic E-state index is 13.8. The molecule has 0 spiro atoms. The zero-order valence-electron chi connectivity index (χ0n) is 15.6. The fourth-order valence-corrected chi connectivity index (χ4v) is 4.11. The Morgan fingerprint density at radius 3 is 2.62 bits per heavy atom. The summed E-state index contributed by atoms with van der Waals surface area (Å²) in [6.07, 6.45) is 4.29. The lowest BCUT2D eigenvalue weighted by molar-refractivity contribution is 0.629. The average molecular weight is 401 g/mol. The molecule has 0 aliphatic rings. The highest BCUT2D eigenvalue weighted by atomic mass is 32.1. The molecule has 3 heterocycles. The Labute approximate surface area is 170 Å². The Balaban J connectivity index is 1.63. The van der Waals surface area contributed by atoms with Crippen LogP contribution in [0.3, 0.4) is 0 Å². The number of pyridine rings is 1. The topological polar surface area (TPSA) is 63.6 Å². The van der Waals surface area contributed by atoms with E-state index >= 15 is 0 Å². The fourth-order valence-electron chi connectivity index (χ4n) is 3.17. The highest BCUT2D eigenvalue weighted by Gasteiger charge is 2.12. The molecule has 0 unspecified atom stereocenters. The molecule has 0 saturated carbocycles. The number of hydrogen-bond acceptors (Lipinski definition) is 6. The van der Waals surface area contributed by atoms with Gasteiger partial charge in [0.2, 0.25) is 0 Å². The molecule has 7 heteroatoms. The number of thiazole rings is 1. The first-order valence-electron chi connectivity index (χ1n) is 9.24. The Morgan fingerprint density at radius 1 is 0.931 bits per heavy atom. The van der Waals surface area contributed by atoms with Crippen molar-refractivity contribution in [2.75, 3.05) is 5.32 Å². The molecule has 142 valence electrons. The van der Waals surface area contributed by atoms with Gasteiger partial charge in [-0.25, -0.2) is 19.3 Å². The first-order chi connectivity index (χ1) is 14.2. The summed E-state index contributed by atoms with van der Waals surface area (Å²) in [6.45, 7) is 2.10. The second-order valence-electron chi connectivity index (χ2n) is 6.56. The molecule has 0 bridgehead atoms. The summed E-state index contributed by atoms with van der Waals surface area (Å²) < 4.78 is 15.0. The molecule has 5 rings (SSSR count). The molecule has 0 radical (unpaired) electrons. The van der Waals surface area contributed by atoms with Crippen LogP contribution in [0.25, 0.3) is 32.5 Å². The molecule has 0 fully saturated rings. The van der Waals surface area contributed by atoms with Crippen LogP contribution in [0.1, 0.15) is 11.9 Å². The number of nitrogens with one attached hydrogen (secondary N) is 1. The third kappa shape index (κ3) is 3.40. The van der Waals surface area contributed by atoms with Gasteiger partial charge in [-0.1, -0.05) is 6.92 Å². The molecule has 0 aliphatic heterocycles. The summed E-state index contributed by atoms with van der Waals surface area (Å²) in [5, 5.41) is 5.25. The second-order valence-corrected chi connectivity index (χ2v) is 7.68. The number of rotatable bonds is 4. The lowest BCUT2D eigenvalue weighted by atomic mass is 10.2. The lowest BCUT2D eigenvalue weighted by Gasteiger charge is -2.11. The number of benzene rings is 2. The summed E-state index contributed by atoms with van der Waals surface area (Å²) >= 11 is 1.69. The molecule has 0 saturated heterocycles. The molecule has 5 nitrogen and oxygen atoms in total. The Morgan fingerprint density at radius 2 is 1.79 bits per heavy atom. The van der Waals surface area contributed by atoms with Crippen molar-refractivity contribution in [1.82, 2.24) is 19.9 Å². The van der Waals surface area contributed by atoms with Crippen LogP contribution >= 0.6 is 11.3 Å². The summed E-state index contributed by atoms with van der Waals surface area (Å²) in [5.41, 5.74) is 3.25. The van der Waals surface area contributed by atoms with Gasteiger partial charge in [-0.3, -0.25) is 4.98 Å². The maximum Gasteiger partial charge on any atom is 0.162 e. The van der Waals surface area contributed by atoms with E-state index in [0.29, 0.717) is 17.2 Å². The predicted molar refractivity (Wildman–Crippen MR) is 115 cm³/mol. The van der Waals surface area contributed by atoms with E-state index in [9.17, 15) is 4.39 Å². The summed E-state index contributed by atoms with van der Waals surface area (Å²) in [6, 6.07) is 14.3. The number of fused-ring (bicyclic) bond motifs is 2. The molecule has 1 N–H and O–H groups in total. The number of nitrogens with zero attached hydrogens (tertiary/aromatic N) is 4. The van der Waals surface area contributed by atoms with Crippen molar-refractivity contribution in [3.63, 3.8) is 0 Å². The van der Waals surface area contributed by atoms with E-state index in [1.165, 1.54) is 12.1 Å². The minimum absolute atomic E-state index is 0.332. The Bertz CT molecular complexity index is 1330. The molecular weight excluding hydrogens is 385 g/mol. The van der Waals surface area contributed by atoms with E-state index < -0.39 is 0 Å². The summed E-state index contributed by atoms with van der Waals surface area (Å²) in [5.74, 6) is 0.808. The van der Waals surface area contributed by atoms with Crippen LogP contribution in [0.2, 0.25) is 0 Å². The van der Waals surface area contributed by atoms with Crippen molar-refractivity contribution in [2.24, 2.45) is 0 Å². The van der Waals surface area contributed by atoms with Gasteiger partial charge < -0.3 is 5.32 Å². The average Bonchev–Trinajstić information content (AvgIpc) is 3.16. The fraction of sp³-hybridized carbons (Fsp3) is 0.0909. The van der Waals surface area contributed by atoms with Gasteiger partial charge >= 0.3 is 0 Å². The highest BCUT2D eigenvalue weighted by Crippen LogP contribution is 2.30. The van der Waals surface area contributed by atoms with E-state index in [1.807, 2.05) is 24.3 Å². The maximum atomic E-state index is 13.8. The number of halogens is 1. The lowest BCUT2D eigenvalue weighted by Crippen LogP contribution is -1.99. The predicted octanol–water partition coefficient (Wildman–Crippen LogP) is 5.75. The first kappa shape index (κ1) is 17.6. The van der Waals surface area contributed by atoms with Gasteiger partial charge in [0.15, 0.2) is 5.82 Å². The van der Waals surface area contributed by atoms with E-state index in [2.05, 4.69) is 33.3 Å². The van der Waals surface area contributed by atoms with E-state index in [0.717, 1.165) is 38.3 Å². The molecule has 5 aromatic rings. The molecule has 2 aromatic carbocycles. The van der Waals surface area contributed by atoms with Crippen molar-refractivity contribution >= 4 is 44.0 Å². The van der Waals surface area contributed by atoms with Gasteiger partial charge in [0, 0.05) is 35.1 Å². The van der Waals surface area contributed by atoms with Crippen LogP contribution in [-0.2, 0) is 6.42 Å². The van der Waals surface area contributed by atoms with Crippen molar-refractivity contribution < 1.29 is 4.39 Å². The van der Waals surface area contributed by atoms with Crippen LogP contribution in [0.5, 0.6) is 0 Å². The summed E-state index contributed by atoms with van der Waals surface area (Å²) in [4.78, 5) is 17.9. The van der Waals surface area contributed by atoms with Crippen LogP contribution in [0.4, 0.5) is 15.9 Å². The molecule has 29 heavy (non-hydrogen) atoms. The largest absolute Gasteiger partial charge is 0.340 e. The number of aryl methyl sites for hydroxylation is 1. The van der Waals surface area contributed by atoms with Gasteiger partial charge in [0.1, 0.15) is 11.6 Å². The standard InChI is InChI=1S/C22H16FN5S/c1-2-20-26-17-6-4-15(12-19(17)29-20)25-22-16-5-3-14(23)11-18(16)27-21(28-22)13-7-9-24-10-8-13/h3-12H,2H2,1H3,(H,25,27,28). The normalized spacial score (nSPS) is 11.2. The van der Waals surface area contributed by atoms with Crippen molar-refractivity contribution in [3.05, 3.63) is 71.7 Å². The first-order valence-corrected chi connectivity index (χ1v) is 10.1. The number of anilines is 2. The van der Waals surface area contributed by atoms with Crippen molar-refractivity contribution in [3.8, 4) is 11.4 Å². The van der Waals surface area contributed by atoms with Crippen LogP contribution < -0.4 is 5.32 Å². The quantitative estimate of drug-likeness (QED) is 0.416. The highest BCUT2D eigenvalue weighted by molar-refractivity contribution is 7.18. The summed E-state index contributed by atoms with van der Waals surface area (Å²) in [7, 11) is 0. The zero-order valence-corrected chi connectivity index (χ0v) is 16.4. The molecule has 0 atom stereocenters. The zero-order chi connectivity index (χ0) is 19.8. The van der Waals surface area contributed by atoms with Gasteiger partial charge in [0.05, 0.1) is 20.7 Å². The second kappa shape index (κ2) is 7.18. The SMILES string of the molecule is CCc1nc2ccc(Nc3nc(-c4ccncc4)nc4cc(F)ccc34)cc2s1. The van der Waals surface area contributed by atoms with Crippen LogP contribution in [0.15, 0.2) is 60.9 Å². The van der Waals surface area contributed by atoms with Gasteiger partial charge in [-0.2, -0.15) is 0 Å². The minimum atomic E-state index is -0.332. The van der Waals surface area contributed by atoms with Crippen molar-refractivity contribution in [1.29, 1.82) is 0 Å². The van der Waals surface area contributed by atoms with E-state index in [-0.39, 0.29) is 5.82 Å². The Hall–Kier alpha value is -3.45. The third-order valence-corrected chi connectivity index (χ3v) is 5.76. The number of hydrogen-bond donors (Lipinski definition) is 1.